The zero-order chi connectivity index (χ0) is 14.5. The molecule has 0 amide bonds. The normalized spacial score (nSPS) is 10.6. The molecule has 0 saturated heterocycles. The Hall–Kier alpha value is -0.920. The van der Waals surface area contributed by atoms with E-state index in [9.17, 15) is 0 Å². The van der Waals surface area contributed by atoms with Crippen LogP contribution in [0.3, 0.4) is 0 Å². The third kappa shape index (κ3) is 3.80. The van der Waals surface area contributed by atoms with Gasteiger partial charge in [0, 0.05) is 25.6 Å². The Morgan fingerprint density at radius 1 is 1.35 bits per heavy atom. The van der Waals surface area contributed by atoms with Crippen LogP contribution in [-0.2, 0) is 17.8 Å². The smallest absolute Gasteiger partial charge is 0.143 e. The molecule has 0 spiro atoms. The molecule has 0 unspecified atom stereocenters. The Kier molecular flexibility index (Phi) is 5.56. The molecule has 1 aromatic heterocycles. The van der Waals surface area contributed by atoms with Gasteiger partial charge in [0.25, 0.3) is 0 Å². The van der Waals surface area contributed by atoms with E-state index in [-0.39, 0.29) is 0 Å². The van der Waals surface area contributed by atoms with Gasteiger partial charge in [0.05, 0.1) is 15.9 Å². The van der Waals surface area contributed by atoms with Gasteiger partial charge in [0.15, 0.2) is 0 Å². The average molecular weight is 404 g/mol. The van der Waals surface area contributed by atoms with Crippen molar-refractivity contribution in [2.45, 2.75) is 13.0 Å². The molecule has 4 nitrogen and oxygen atoms in total. The maximum atomic E-state index is 6.00. The van der Waals surface area contributed by atoms with E-state index in [0.29, 0.717) is 13.0 Å². The number of halogens is 2. The Morgan fingerprint density at radius 2 is 2.15 bits per heavy atom. The third-order valence-corrected chi connectivity index (χ3v) is 4.10. The molecule has 0 aliphatic heterocycles. The van der Waals surface area contributed by atoms with Crippen LogP contribution >= 0.6 is 34.2 Å². The highest BCUT2D eigenvalue weighted by Crippen LogP contribution is 2.21. The Bertz CT molecular complexity index is 607. The van der Waals surface area contributed by atoms with Gasteiger partial charge < -0.3 is 10.1 Å². The number of ether oxygens (including phenoxy) is 1. The molecule has 1 aromatic carbocycles. The molecule has 0 atom stereocenters. The summed E-state index contributed by atoms with van der Waals surface area (Å²) in [5.41, 5.74) is 1.98. The quantitative estimate of drug-likeness (QED) is 0.776. The first-order valence-corrected chi connectivity index (χ1v) is 7.56. The molecule has 0 bridgehead atoms. The predicted octanol–water partition coefficient (Wildman–Crippen LogP) is 3.51. The summed E-state index contributed by atoms with van der Waals surface area (Å²) in [6.07, 6.45) is 0.642. The molecule has 1 heterocycles. The van der Waals surface area contributed by atoms with Crippen LogP contribution in [0.4, 0.5) is 5.82 Å². The topological polar surface area (TPSA) is 47.0 Å². The minimum atomic E-state index is 0.470. The van der Waals surface area contributed by atoms with Crippen LogP contribution in [0, 0.1) is 3.57 Å². The van der Waals surface area contributed by atoms with E-state index in [0.717, 1.165) is 31.5 Å². The van der Waals surface area contributed by atoms with Gasteiger partial charge in [-0.1, -0.05) is 23.7 Å². The third-order valence-electron chi connectivity index (χ3n) is 2.74. The highest BCUT2D eigenvalue weighted by Gasteiger charge is 2.11. The number of nitrogens with zero attached hydrogens (tertiary/aromatic N) is 2. The lowest BCUT2D eigenvalue weighted by Crippen LogP contribution is -2.08. The van der Waals surface area contributed by atoms with Crippen LogP contribution in [-0.4, -0.2) is 24.1 Å². The molecule has 0 saturated carbocycles. The van der Waals surface area contributed by atoms with Gasteiger partial charge in [0.2, 0.25) is 0 Å². The lowest BCUT2D eigenvalue weighted by Gasteiger charge is -2.11. The number of nitrogens with one attached hydrogen (secondary N) is 1. The van der Waals surface area contributed by atoms with Crippen molar-refractivity contribution in [1.29, 1.82) is 0 Å². The van der Waals surface area contributed by atoms with E-state index < -0.39 is 0 Å². The minimum Gasteiger partial charge on any atom is -0.378 e. The molecule has 20 heavy (non-hydrogen) atoms. The van der Waals surface area contributed by atoms with Gasteiger partial charge in [-0.2, -0.15) is 0 Å². The molecule has 2 rings (SSSR count). The summed E-state index contributed by atoms with van der Waals surface area (Å²) in [7, 11) is 3.51. The summed E-state index contributed by atoms with van der Waals surface area (Å²) in [6.45, 7) is 0.470. The molecule has 0 aliphatic carbocycles. The lowest BCUT2D eigenvalue weighted by molar-refractivity contribution is 0.180. The summed E-state index contributed by atoms with van der Waals surface area (Å²) in [5.74, 6) is 1.58. The van der Waals surface area contributed by atoms with Crippen molar-refractivity contribution in [1.82, 2.24) is 9.97 Å². The van der Waals surface area contributed by atoms with E-state index in [1.165, 1.54) is 0 Å². The summed E-state index contributed by atoms with van der Waals surface area (Å²) in [5, 5.41) is 3.81. The van der Waals surface area contributed by atoms with Gasteiger partial charge >= 0.3 is 0 Å². The highest BCUT2D eigenvalue weighted by atomic mass is 127. The number of methoxy groups -OCH3 is 1. The molecule has 0 fully saturated rings. The van der Waals surface area contributed by atoms with Gasteiger partial charge in [-0.25, -0.2) is 9.97 Å². The predicted molar refractivity (Wildman–Crippen MR) is 89.3 cm³/mol. The SMILES string of the molecule is CNc1nc(Cc2cccc(Cl)c2)nc(COC)c1I. The first-order valence-electron chi connectivity index (χ1n) is 6.10. The van der Waals surface area contributed by atoms with Crippen LogP contribution in [0.25, 0.3) is 0 Å². The number of hydrogen-bond acceptors (Lipinski definition) is 4. The monoisotopic (exact) mass is 403 g/mol. The largest absolute Gasteiger partial charge is 0.378 e. The number of hydrogen-bond donors (Lipinski definition) is 1. The van der Waals surface area contributed by atoms with Gasteiger partial charge in [0.1, 0.15) is 11.6 Å². The van der Waals surface area contributed by atoms with Gasteiger partial charge in [-0.15, -0.1) is 0 Å². The van der Waals surface area contributed by atoms with Crippen molar-refractivity contribution in [3.63, 3.8) is 0 Å². The van der Waals surface area contributed by atoms with E-state index >= 15 is 0 Å². The van der Waals surface area contributed by atoms with E-state index in [4.69, 9.17) is 16.3 Å². The zero-order valence-electron chi connectivity index (χ0n) is 11.3. The molecule has 0 aliphatic rings. The van der Waals surface area contributed by atoms with Crippen LogP contribution in [0.1, 0.15) is 17.1 Å². The summed E-state index contributed by atoms with van der Waals surface area (Å²) >= 11 is 8.23. The average Bonchev–Trinajstić information content (AvgIpc) is 2.42. The van der Waals surface area contributed by atoms with Gasteiger partial charge in [-0.3, -0.25) is 0 Å². The second-order valence-corrected chi connectivity index (χ2v) is 5.75. The first kappa shape index (κ1) is 15.5. The maximum Gasteiger partial charge on any atom is 0.143 e. The van der Waals surface area contributed by atoms with Crippen LogP contribution in [0.15, 0.2) is 24.3 Å². The van der Waals surface area contributed by atoms with Crippen molar-refractivity contribution in [3.05, 3.63) is 49.9 Å². The molecular formula is C14H15ClIN3O. The van der Waals surface area contributed by atoms with Gasteiger partial charge in [-0.05, 0) is 40.3 Å². The molecule has 106 valence electrons. The van der Waals surface area contributed by atoms with Crippen LogP contribution < -0.4 is 5.32 Å². The molecular weight excluding hydrogens is 389 g/mol. The standard InChI is InChI=1S/C14H15ClIN3O/c1-17-14-13(16)11(8-20-2)18-12(19-14)7-9-4-3-5-10(15)6-9/h3-6H,7-8H2,1-2H3,(H,17,18,19). The molecule has 1 N–H and O–H groups in total. The molecule has 2 aromatic rings. The van der Waals surface area contributed by atoms with E-state index in [1.54, 1.807) is 7.11 Å². The number of anilines is 1. The second-order valence-electron chi connectivity index (χ2n) is 4.24. The lowest BCUT2D eigenvalue weighted by atomic mass is 10.1. The van der Waals surface area contributed by atoms with Crippen molar-refractivity contribution < 1.29 is 4.74 Å². The fourth-order valence-electron chi connectivity index (χ4n) is 1.85. The fraction of sp³-hybridized carbons (Fsp3) is 0.286. The number of rotatable bonds is 5. The fourth-order valence-corrected chi connectivity index (χ4v) is 2.73. The molecule has 6 heteroatoms. The Morgan fingerprint density at radius 3 is 2.80 bits per heavy atom. The number of aromatic nitrogens is 2. The van der Waals surface area contributed by atoms with E-state index in [2.05, 4.69) is 37.9 Å². The van der Waals surface area contributed by atoms with Crippen molar-refractivity contribution >= 4 is 40.0 Å². The van der Waals surface area contributed by atoms with E-state index in [1.807, 2.05) is 31.3 Å². The summed E-state index contributed by atoms with van der Waals surface area (Å²) in [6, 6.07) is 7.73. The van der Waals surface area contributed by atoms with Crippen molar-refractivity contribution in [2.24, 2.45) is 0 Å². The van der Waals surface area contributed by atoms with Crippen molar-refractivity contribution in [3.8, 4) is 0 Å². The highest BCUT2D eigenvalue weighted by molar-refractivity contribution is 14.1. The zero-order valence-corrected chi connectivity index (χ0v) is 14.2. The molecule has 0 radical (unpaired) electrons. The summed E-state index contributed by atoms with van der Waals surface area (Å²) in [4.78, 5) is 9.10. The van der Waals surface area contributed by atoms with Crippen molar-refractivity contribution in [2.75, 3.05) is 19.5 Å². The Balaban J connectivity index is 2.34. The van der Waals surface area contributed by atoms with Crippen LogP contribution in [0.2, 0.25) is 5.02 Å². The second kappa shape index (κ2) is 7.19. The summed E-state index contributed by atoms with van der Waals surface area (Å²) < 4.78 is 6.18. The number of benzene rings is 1. The first-order chi connectivity index (χ1) is 9.63. The Labute approximate surface area is 137 Å². The van der Waals surface area contributed by atoms with Crippen LogP contribution in [0.5, 0.6) is 0 Å². The minimum absolute atomic E-state index is 0.470. The maximum absolute atomic E-state index is 6.00.